The average molecular weight is 464 g/mol. The summed E-state index contributed by atoms with van der Waals surface area (Å²) in [5.74, 6) is 1.97. The number of guanidine groups is 1. The van der Waals surface area contributed by atoms with Gasteiger partial charge in [0.1, 0.15) is 0 Å². The van der Waals surface area contributed by atoms with E-state index in [1.54, 1.807) is 0 Å². The van der Waals surface area contributed by atoms with Crippen LogP contribution in [0.4, 0.5) is 5.69 Å². The van der Waals surface area contributed by atoms with Crippen molar-refractivity contribution >= 4 is 47.4 Å². The molecule has 2 N–H and O–H groups in total. The quantitative estimate of drug-likeness (QED) is 0.281. The highest BCUT2D eigenvalue weighted by Crippen LogP contribution is 2.17. The van der Waals surface area contributed by atoms with Crippen LogP contribution in [0.1, 0.15) is 12.5 Å². The summed E-state index contributed by atoms with van der Waals surface area (Å²) in [5, 5.41) is 6.63. The van der Waals surface area contributed by atoms with E-state index in [4.69, 9.17) is 4.74 Å². The zero-order chi connectivity index (χ0) is 16.3. The van der Waals surface area contributed by atoms with Gasteiger partial charge in [0.15, 0.2) is 5.96 Å². The first-order valence-electron chi connectivity index (χ1n) is 8.26. The van der Waals surface area contributed by atoms with Gasteiger partial charge < -0.3 is 20.3 Å². The molecule has 1 aromatic rings. The maximum absolute atomic E-state index is 5.40. The van der Waals surface area contributed by atoms with Gasteiger partial charge in [-0.15, -0.1) is 24.0 Å². The number of morpholine rings is 1. The van der Waals surface area contributed by atoms with E-state index in [9.17, 15) is 0 Å². The molecule has 0 unspecified atom stereocenters. The molecule has 1 heterocycles. The number of benzene rings is 1. The van der Waals surface area contributed by atoms with Crippen LogP contribution >= 0.6 is 35.7 Å². The van der Waals surface area contributed by atoms with Crippen molar-refractivity contribution in [2.24, 2.45) is 4.99 Å². The predicted molar refractivity (Wildman–Crippen MR) is 116 cm³/mol. The molecule has 0 radical (unpaired) electrons. The largest absolute Gasteiger partial charge is 0.378 e. The summed E-state index contributed by atoms with van der Waals surface area (Å²) in [6.07, 6.45) is 2.11. The Balaban J connectivity index is 0.00000288. The van der Waals surface area contributed by atoms with Crippen LogP contribution < -0.4 is 15.5 Å². The van der Waals surface area contributed by atoms with Crippen molar-refractivity contribution in [1.29, 1.82) is 0 Å². The molecule has 0 spiro atoms. The van der Waals surface area contributed by atoms with Crippen LogP contribution in [-0.2, 0) is 11.3 Å². The molecule has 1 aliphatic heterocycles. The van der Waals surface area contributed by atoms with E-state index in [2.05, 4.69) is 58.0 Å². The number of thioether (sulfide) groups is 1. The second-order valence-electron chi connectivity index (χ2n) is 5.38. The third kappa shape index (κ3) is 7.48. The molecule has 1 fully saturated rings. The van der Waals surface area contributed by atoms with Crippen molar-refractivity contribution in [1.82, 2.24) is 10.6 Å². The fraction of sp³-hybridized carbons (Fsp3) is 0.588. The van der Waals surface area contributed by atoms with Gasteiger partial charge in [0, 0.05) is 37.6 Å². The highest BCUT2D eigenvalue weighted by Gasteiger charge is 2.10. The van der Waals surface area contributed by atoms with E-state index in [0.29, 0.717) is 6.54 Å². The summed E-state index contributed by atoms with van der Waals surface area (Å²) < 4.78 is 5.40. The Hall–Kier alpha value is -0.670. The van der Waals surface area contributed by atoms with E-state index < -0.39 is 0 Å². The molecule has 136 valence electrons. The van der Waals surface area contributed by atoms with E-state index >= 15 is 0 Å². The van der Waals surface area contributed by atoms with Crippen molar-refractivity contribution in [3.63, 3.8) is 0 Å². The fourth-order valence-corrected chi connectivity index (χ4v) is 2.72. The van der Waals surface area contributed by atoms with Crippen LogP contribution in [0.2, 0.25) is 0 Å². The van der Waals surface area contributed by atoms with Crippen LogP contribution in [-0.4, -0.2) is 57.4 Å². The average Bonchev–Trinajstić information content (AvgIpc) is 2.61. The van der Waals surface area contributed by atoms with E-state index in [0.717, 1.165) is 51.1 Å². The maximum Gasteiger partial charge on any atom is 0.191 e. The first-order valence-corrected chi connectivity index (χ1v) is 9.65. The highest BCUT2D eigenvalue weighted by atomic mass is 127. The number of rotatable bonds is 7. The van der Waals surface area contributed by atoms with Crippen molar-refractivity contribution in [2.45, 2.75) is 13.5 Å². The van der Waals surface area contributed by atoms with Gasteiger partial charge in [-0.05, 0) is 30.9 Å². The molecule has 0 amide bonds. The summed E-state index contributed by atoms with van der Waals surface area (Å²) in [6, 6.07) is 8.70. The van der Waals surface area contributed by atoms with Crippen molar-refractivity contribution < 1.29 is 4.74 Å². The number of aliphatic imine (C=N–C) groups is 1. The standard InChI is InChI=1S/C17H28N4OS.HI/c1-3-18-17(19-8-13-23-2)20-14-15-4-6-16(7-5-15)21-9-11-22-12-10-21;/h4-7H,3,8-14H2,1-2H3,(H2,18,19,20);1H. The highest BCUT2D eigenvalue weighted by molar-refractivity contribution is 14.0. The minimum Gasteiger partial charge on any atom is -0.378 e. The molecule has 1 saturated heterocycles. The Labute approximate surface area is 167 Å². The minimum absolute atomic E-state index is 0. The normalized spacial score (nSPS) is 14.9. The molecule has 1 aliphatic rings. The zero-order valence-electron chi connectivity index (χ0n) is 14.6. The van der Waals surface area contributed by atoms with Gasteiger partial charge in [0.25, 0.3) is 0 Å². The van der Waals surface area contributed by atoms with Crippen LogP contribution in [0.15, 0.2) is 29.3 Å². The van der Waals surface area contributed by atoms with Crippen molar-refractivity contribution in [3.8, 4) is 0 Å². The Kier molecular flexibility index (Phi) is 11.3. The summed E-state index contributed by atoms with van der Waals surface area (Å²) in [7, 11) is 0. The summed E-state index contributed by atoms with van der Waals surface area (Å²) in [5.41, 5.74) is 2.50. The number of hydrogen-bond donors (Lipinski definition) is 2. The van der Waals surface area contributed by atoms with Gasteiger partial charge in [-0.25, -0.2) is 4.99 Å². The summed E-state index contributed by atoms with van der Waals surface area (Å²) in [4.78, 5) is 7.01. The van der Waals surface area contributed by atoms with Crippen LogP contribution in [0.5, 0.6) is 0 Å². The Bertz CT molecular complexity index is 478. The number of anilines is 1. The lowest BCUT2D eigenvalue weighted by Gasteiger charge is -2.28. The van der Waals surface area contributed by atoms with E-state index in [1.165, 1.54) is 11.3 Å². The third-order valence-corrected chi connectivity index (χ3v) is 4.29. The molecule has 7 heteroatoms. The number of hydrogen-bond acceptors (Lipinski definition) is 4. The maximum atomic E-state index is 5.40. The molecular weight excluding hydrogens is 435 g/mol. The Morgan fingerprint density at radius 3 is 2.54 bits per heavy atom. The van der Waals surface area contributed by atoms with Crippen LogP contribution in [0, 0.1) is 0 Å². The molecule has 24 heavy (non-hydrogen) atoms. The lowest BCUT2D eigenvalue weighted by Crippen LogP contribution is -2.38. The molecule has 0 atom stereocenters. The van der Waals surface area contributed by atoms with E-state index in [-0.39, 0.29) is 24.0 Å². The number of halogens is 1. The monoisotopic (exact) mass is 464 g/mol. The number of ether oxygens (including phenoxy) is 1. The smallest absolute Gasteiger partial charge is 0.191 e. The van der Waals surface area contributed by atoms with Gasteiger partial charge in [-0.1, -0.05) is 12.1 Å². The third-order valence-electron chi connectivity index (χ3n) is 3.68. The summed E-state index contributed by atoms with van der Waals surface area (Å²) in [6.45, 7) is 8.17. The topological polar surface area (TPSA) is 48.9 Å². The van der Waals surface area contributed by atoms with Gasteiger partial charge >= 0.3 is 0 Å². The van der Waals surface area contributed by atoms with E-state index in [1.807, 2.05) is 11.8 Å². The number of nitrogens with one attached hydrogen (secondary N) is 2. The lowest BCUT2D eigenvalue weighted by atomic mass is 10.2. The van der Waals surface area contributed by atoms with Crippen LogP contribution in [0.25, 0.3) is 0 Å². The SMILES string of the molecule is CCNC(=NCc1ccc(N2CCOCC2)cc1)NCCSC.I. The molecule has 5 nitrogen and oxygen atoms in total. The first kappa shape index (κ1) is 21.4. The van der Waals surface area contributed by atoms with Gasteiger partial charge in [0.2, 0.25) is 0 Å². The lowest BCUT2D eigenvalue weighted by molar-refractivity contribution is 0.122. The van der Waals surface area contributed by atoms with Gasteiger partial charge in [0.05, 0.1) is 19.8 Å². The van der Waals surface area contributed by atoms with Gasteiger partial charge in [-0.2, -0.15) is 11.8 Å². The summed E-state index contributed by atoms with van der Waals surface area (Å²) >= 11 is 1.83. The number of nitrogens with zero attached hydrogens (tertiary/aromatic N) is 2. The molecule has 0 bridgehead atoms. The Morgan fingerprint density at radius 2 is 1.92 bits per heavy atom. The first-order chi connectivity index (χ1) is 11.3. The second kappa shape index (κ2) is 12.7. The van der Waals surface area contributed by atoms with Crippen LogP contribution in [0.3, 0.4) is 0 Å². The predicted octanol–water partition coefficient (Wildman–Crippen LogP) is 2.56. The van der Waals surface area contributed by atoms with Gasteiger partial charge in [-0.3, -0.25) is 0 Å². The molecule has 0 aliphatic carbocycles. The molecule has 2 rings (SSSR count). The molecular formula is C17H29IN4OS. The fourth-order valence-electron chi connectivity index (χ4n) is 2.42. The Morgan fingerprint density at radius 1 is 1.21 bits per heavy atom. The molecule has 0 aromatic heterocycles. The molecule has 1 aromatic carbocycles. The second-order valence-corrected chi connectivity index (χ2v) is 6.37. The van der Waals surface area contributed by atoms with Crippen molar-refractivity contribution in [3.05, 3.63) is 29.8 Å². The molecule has 0 saturated carbocycles. The minimum atomic E-state index is 0. The van der Waals surface area contributed by atoms with Crippen molar-refractivity contribution in [2.75, 3.05) is 56.3 Å². The zero-order valence-corrected chi connectivity index (χ0v) is 17.7.